The zero-order valence-electron chi connectivity index (χ0n) is 14.3. The van der Waals surface area contributed by atoms with Crippen LogP contribution in [-0.2, 0) is 9.47 Å². The second kappa shape index (κ2) is 8.59. The first-order valence-electron chi connectivity index (χ1n) is 8.05. The van der Waals surface area contributed by atoms with E-state index >= 15 is 0 Å². The van der Waals surface area contributed by atoms with Crippen molar-refractivity contribution in [3.8, 4) is 0 Å². The largest absolute Gasteiger partial charge is 0.444 e. The fourth-order valence-electron chi connectivity index (χ4n) is 2.51. The van der Waals surface area contributed by atoms with E-state index in [-0.39, 0.29) is 12.1 Å². The second-order valence-electron chi connectivity index (χ2n) is 6.91. The lowest BCUT2D eigenvalue weighted by Gasteiger charge is -2.37. The molecule has 2 atom stereocenters. The molecular formula is C16H32N2O3. The van der Waals surface area contributed by atoms with Crippen LogP contribution in [0.2, 0.25) is 0 Å². The fourth-order valence-corrected chi connectivity index (χ4v) is 2.51. The lowest BCUT2D eigenvalue weighted by molar-refractivity contribution is 0.00959. The van der Waals surface area contributed by atoms with Gasteiger partial charge in [-0.05, 0) is 53.4 Å². The highest BCUT2D eigenvalue weighted by atomic mass is 16.6. The summed E-state index contributed by atoms with van der Waals surface area (Å²) in [5, 5.41) is 3.51. The summed E-state index contributed by atoms with van der Waals surface area (Å²) >= 11 is 0. The third-order valence-electron chi connectivity index (χ3n) is 3.71. The molecule has 1 saturated heterocycles. The van der Waals surface area contributed by atoms with Crippen LogP contribution in [0.15, 0.2) is 0 Å². The van der Waals surface area contributed by atoms with Gasteiger partial charge in [0, 0.05) is 38.9 Å². The van der Waals surface area contributed by atoms with Gasteiger partial charge in [0.25, 0.3) is 0 Å². The number of ether oxygens (including phenoxy) is 2. The summed E-state index contributed by atoms with van der Waals surface area (Å²) in [6.45, 7) is 10.3. The van der Waals surface area contributed by atoms with Crippen molar-refractivity contribution >= 4 is 6.09 Å². The van der Waals surface area contributed by atoms with Gasteiger partial charge in [-0.2, -0.15) is 0 Å². The number of rotatable bonds is 6. The first-order chi connectivity index (χ1) is 9.83. The molecule has 1 fully saturated rings. The molecule has 1 amide bonds. The third-order valence-corrected chi connectivity index (χ3v) is 3.71. The molecule has 0 saturated carbocycles. The van der Waals surface area contributed by atoms with Crippen LogP contribution in [0.4, 0.5) is 4.79 Å². The van der Waals surface area contributed by atoms with Crippen LogP contribution < -0.4 is 5.32 Å². The molecule has 1 N–H and O–H groups in total. The molecule has 0 spiro atoms. The lowest BCUT2D eigenvalue weighted by atomic mass is 10.0. The van der Waals surface area contributed by atoms with Crippen LogP contribution in [0.3, 0.4) is 0 Å². The monoisotopic (exact) mass is 300 g/mol. The normalized spacial score (nSPS) is 21.2. The van der Waals surface area contributed by atoms with Crippen LogP contribution in [-0.4, -0.2) is 55.5 Å². The molecule has 0 aromatic carbocycles. The number of carbonyl (C=O) groups is 1. The van der Waals surface area contributed by atoms with Gasteiger partial charge in [0.1, 0.15) is 5.60 Å². The van der Waals surface area contributed by atoms with E-state index < -0.39 is 5.60 Å². The van der Waals surface area contributed by atoms with E-state index in [2.05, 4.69) is 12.2 Å². The number of nitrogens with zero attached hydrogens (tertiary/aromatic N) is 1. The third kappa shape index (κ3) is 7.14. The number of piperidine rings is 1. The van der Waals surface area contributed by atoms with E-state index in [1.165, 1.54) is 6.42 Å². The van der Waals surface area contributed by atoms with E-state index in [4.69, 9.17) is 9.47 Å². The van der Waals surface area contributed by atoms with Gasteiger partial charge < -0.3 is 19.7 Å². The van der Waals surface area contributed by atoms with Crippen molar-refractivity contribution < 1.29 is 14.3 Å². The summed E-state index contributed by atoms with van der Waals surface area (Å²) in [4.78, 5) is 14.2. The number of carbonyl (C=O) groups excluding carboxylic acids is 1. The smallest absolute Gasteiger partial charge is 0.410 e. The van der Waals surface area contributed by atoms with Gasteiger partial charge in [-0.25, -0.2) is 4.79 Å². The van der Waals surface area contributed by atoms with Gasteiger partial charge in [0.2, 0.25) is 0 Å². The van der Waals surface area contributed by atoms with Crippen LogP contribution in [0.1, 0.15) is 53.4 Å². The summed E-state index contributed by atoms with van der Waals surface area (Å²) in [5.74, 6) is 0. The van der Waals surface area contributed by atoms with Gasteiger partial charge in [0.05, 0.1) is 0 Å². The molecule has 0 bridgehead atoms. The van der Waals surface area contributed by atoms with Crippen molar-refractivity contribution in [3.63, 3.8) is 0 Å². The molecule has 2 unspecified atom stereocenters. The molecule has 5 heteroatoms. The van der Waals surface area contributed by atoms with E-state index in [9.17, 15) is 4.79 Å². The molecule has 0 radical (unpaired) electrons. The minimum Gasteiger partial charge on any atom is -0.444 e. The van der Waals surface area contributed by atoms with E-state index in [1.807, 2.05) is 25.7 Å². The Morgan fingerprint density at radius 2 is 2.10 bits per heavy atom. The van der Waals surface area contributed by atoms with Crippen LogP contribution in [0, 0.1) is 0 Å². The molecular weight excluding hydrogens is 268 g/mol. The standard InChI is InChI=1S/C16H32N2O3/c1-13(9-11-20-5)17-12-14-8-6-7-10-18(14)15(19)21-16(2,3)4/h13-14,17H,6-12H2,1-5H3. The molecule has 5 nitrogen and oxygen atoms in total. The van der Waals surface area contributed by atoms with Crippen LogP contribution in [0.25, 0.3) is 0 Å². The first kappa shape index (κ1) is 18.2. The van der Waals surface area contributed by atoms with Crippen molar-refractivity contribution in [1.29, 1.82) is 0 Å². The molecule has 124 valence electrons. The fraction of sp³-hybridized carbons (Fsp3) is 0.938. The average molecular weight is 300 g/mol. The zero-order chi connectivity index (χ0) is 15.9. The predicted octanol–water partition coefficient (Wildman–Crippen LogP) is 2.79. The highest BCUT2D eigenvalue weighted by Gasteiger charge is 2.30. The molecule has 1 aliphatic heterocycles. The van der Waals surface area contributed by atoms with Crippen LogP contribution in [0.5, 0.6) is 0 Å². The Labute approximate surface area is 129 Å². The van der Waals surface area contributed by atoms with Crippen LogP contribution >= 0.6 is 0 Å². The Kier molecular flexibility index (Phi) is 7.46. The van der Waals surface area contributed by atoms with Crippen molar-refractivity contribution in [2.75, 3.05) is 26.8 Å². The summed E-state index contributed by atoms with van der Waals surface area (Å²) in [5.41, 5.74) is -0.432. The van der Waals surface area contributed by atoms with Gasteiger partial charge in [0.15, 0.2) is 0 Å². The highest BCUT2D eigenvalue weighted by Crippen LogP contribution is 2.20. The Bertz CT molecular complexity index is 315. The molecule has 0 aromatic heterocycles. The maximum atomic E-state index is 12.3. The minimum absolute atomic E-state index is 0.182. The van der Waals surface area contributed by atoms with Crippen molar-refractivity contribution in [2.24, 2.45) is 0 Å². The van der Waals surface area contributed by atoms with E-state index in [1.54, 1.807) is 7.11 Å². The summed E-state index contributed by atoms with van der Waals surface area (Å²) < 4.78 is 10.6. The second-order valence-corrected chi connectivity index (χ2v) is 6.91. The number of hydrogen-bond acceptors (Lipinski definition) is 4. The van der Waals surface area contributed by atoms with Crippen molar-refractivity contribution in [1.82, 2.24) is 10.2 Å². The Hall–Kier alpha value is -0.810. The van der Waals surface area contributed by atoms with E-state index in [0.717, 1.165) is 39.0 Å². The lowest BCUT2D eigenvalue weighted by Crippen LogP contribution is -2.51. The van der Waals surface area contributed by atoms with Gasteiger partial charge >= 0.3 is 6.09 Å². The molecule has 1 aliphatic rings. The SMILES string of the molecule is COCCC(C)NCC1CCCCN1C(=O)OC(C)(C)C. The number of hydrogen-bond donors (Lipinski definition) is 1. The predicted molar refractivity (Wildman–Crippen MR) is 84.5 cm³/mol. The Balaban J connectivity index is 2.47. The summed E-state index contributed by atoms with van der Waals surface area (Å²) in [6.07, 6.45) is 4.09. The Morgan fingerprint density at radius 1 is 1.38 bits per heavy atom. The Morgan fingerprint density at radius 3 is 2.71 bits per heavy atom. The van der Waals surface area contributed by atoms with Gasteiger partial charge in [-0.3, -0.25) is 0 Å². The number of amides is 1. The summed E-state index contributed by atoms with van der Waals surface area (Å²) in [6, 6.07) is 0.631. The molecule has 1 rings (SSSR count). The van der Waals surface area contributed by atoms with Crippen molar-refractivity contribution in [2.45, 2.75) is 71.1 Å². The molecule has 0 aromatic rings. The average Bonchev–Trinajstić information content (AvgIpc) is 2.41. The quantitative estimate of drug-likeness (QED) is 0.819. The molecule has 21 heavy (non-hydrogen) atoms. The highest BCUT2D eigenvalue weighted by molar-refractivity contribution is 5.68. The zero-order valence-corrected chi connectivity index (χ0v) is 14.3. The molecule has 0 aliphatic carbocycles. The maximum Gasteiger partial charge on any atom is 0.410 e. The number of methoxy groups -OCH3 is 1. The van der Waals surface area contributed by atoms with Gasteiger partial charge in [-0.1, -0.05) is 0 Å². The maximum absolute atomic E-state index is 12.3. The number of likely N-dealkylation sites (tertiary alicyclic amines) is 1. The molecule has 1 heterocycles. The summed E-state index contributed by atoms with van der Waals surface area (Å²) in [7, 11) is 1.72. The topological polar surface area (TPSA) is 50.8 Å². The van der Waals surface area contributed by atoms with Crippen molar-refractivity contribution in [3.05, 3.63) is 0 Å². The van der Waals surface area contributed by atoms with E-state index in [0.29, 0.717) is 6.04 Å². The van der Waals surface area contributed by atoms with Gasteiger partial charge in [-0.15, -0.1) is 0 Å². The number of nitrogens with one attached hydrogen (secondary N) is 1. The first-order valence-corrected chi connectivity index (χ1v) is 8.05. The minimum atomic E-state index is -0.432.